The number of benzene rings is 1. The van der Waals surface area contributed by atoms with Crippen molar-refractivity contribution < 1.29 is 27.4 Å². The molecular formula is C16H12F3NO3. The van der Waals surface area contributed by atoms with E-state index >= 15 is 0 Å². The summed E-state index contributed by atoms with van der Waals surface area (Å²) in [5.41, 5.74) is -1.95. The van der Waals surface area contributed by atoms with Crippen LogP contribution in [0.25, 0.3) is 6.08 Å². The largest absolute Gasteiger partial charge is 0.465 e. The van der Waals surface area contributed by atoms with Gasteiger partial charge in [-0.1, -0.05) is 24.8 Å². The molecule has 0 amide bonds. The number of pyridine rings is 1. The van der Waals surface area contributed by atoms with Gasteiger partial charge in [-0.3, -0.25) is 0 Å². The van der Waals surface area contributed by atoms with Gasteiger partial charge in [0.1, 0.15) is 11.3 Å². The smallest absolute Gasteiger partial charge is 0.418 e. The van der Waals surface area contributed by atoms with Crippen LogP contribution in [0, 0.1) is 0 Å². The van der Waals surface area contributed by atoms with Crippen molar-refractivity contribution in [2.45, 2.75) is 6.18 Å². The number of rotatable bonds is 4. The van der Waals surface area contributed by atoms with Crippen molar-refractivity contribution in [1.82, 2.24) is 4.98 Å². The molecule has 4 nitrogen and oxygen atoms in total. The fourth-order valence-corrected chi connectivity index (χ4v) is 1.83. The van der Waals surface area contributed by atoms with E-state index in [1.165, 1.54) is 0 Å². The van der Waals surface area contributed by atoms with Gasteiger partial charge in [-0.25, -0.2) is 9.78 Å². The number of alkyl halides is 3. The summed E-state index contributed by atoms with van der Waals surface area (Å²) >= 11 is 0. The van der Waals surface area contributed by atoms with Gasteiger partial charge in [-0.15, -0.1) is 0 Å². The van der Waals surface area contributed by atoms with Crippen LogP contribution < -0.4 is 4.74 Å². The number of carbonyl (C=O) groups is 1. The summed E-state index contributed by atoms with van der Waals surface area (Å²) in [4.78, 5) is 15.5. The molecule has 0 bridgehead atoms. The Morgan fingerprint density at radius 1 is 1.26 bits per heavy atom. The van der Waals surface area contributed by atoms with Gasteiger partial charge in [-0.2, -0.15) is 13.2 Å². The Morgan fingerprint density at radius 2 is 1.91 bits per heavy atom. The molecule has 0 aliphatic carbocycles. The minimum Gasteiger partial charge on any atom is -0.465 e. The molecule has 23 heavy (non-hydrogen) atoms. The Kier molecular flexibility index (Phi) is 4.68. The number of methoxy groups -OCH3 is 1. The lowest BCUT2D eigenvalue weighted by atomic mass is 10.1. The molecular weight excluding hydrogens is 311 g/mol. The maximum Gasteiger partial charge on any atom is 0.418 e. The molecule has 0 atom stereocenters. The highest BCUT2D eigenvalue weighted by Crippen LogP contribution is 2.36. The van der Waals surface area contributed by atoms with Gasteiger partial charge >= 0.3 is 12.1 Å². The Labute approximate surface area is 130 Å². The van der Waals surface area contributed by atoms with Crippen molar-refractivity contribution in [3.8, 4) is 11.6 Å². The molecule has 0 spiro atoms. The zero-order chi connectivity index (χ0) is 17.0. The molecule has 7 heteroatoms. The maximum atomic E-state index is 13.1. The summed E-state index contributed by atoms with van der Waals surface area (Å²) in [6.45, 7) is 3.31. The van der Waals surface area contributed by atoms with Gasteiger partial charge in [0, 0.05) is 0 Å². The second-order valence-electron chi connectivity index (χ2n) is 4.38. The first-order chi connectivity index (χ1) is 10.9. The van der Waals surface area contributed by atoms with Crippen molar-refractivity contribution in [3.05, 3.63) is 59.8 Å². The molecule has 0 radical (unpaired) electrons. The minimum atomic E-state index is -4.69. The average molecular weight is 323 g/mol. The molecule has 120 valence electrons. The second-order valence-corrected chi connectivity index (χ2v) is 4.38. The molecule has 0 saturated heterocycles. The van der Waals surface area contributed by atoms with E-state index in [1.54, 1.807) is 30.3 Å². The van der Waals surface area contributed by atoms with Gasteiger partial charge in [0.05, 0.1) is 18.4 Å². The third-order valence-corrected chi connectivity index (χ3v) is 2.88. The summed E-state index contributed by atoms with van der Waals surface area (Å²) < 4.78 is 49.1. The zero-order valence-corrected chi connectivity index (χ0v) is 12.1. The number of hydrogen-bond donors (Lipinski definition) is 0. The molecule has 0 unspecified atom stereocenters. The highest BCUT2D eigenvalue weighted by Gasteiger charge is 2.36. The van der Waals surface area contributed by atoms with Crippen LogP contribution >= 0.6 is 0 Å². The third kappa shape index (κ3) is 3.68. The van der Waals surface area contributed by atoms with E-state index in [2.05, 4.69) is 16.3 Å². The molecule has 1 heterocycles. The lowest BCUT2D eigenvalue weighted by Gasteiger charge is -2.15. The topological polar surface area (TPSA) is 48.4 Å². The summed E-state index contributed by atoms with van der Waals surface area (Å²) in [7, 11) is 1.06. The van der Waals surface area contributed by atoms with E-state index in [0.717, 1.165) is 13.2 Å². The normalized spacial score (nSPS) is 11.0. The molecule has 0 N–H and O–H groups in total. The quantitative estimate of drug-likeness (QED) is 0.786. The first-order valence-corrected chi connectivity index (χ1v) is 6.42. The molecule has 2 aromatic rings. The van der Waals surface area contributed by atoms with Crippen molar-refractivity contribution >= 4 is 12.0 Å². The lowest BCUT2D eigenvalue weighted by molar-refractivity contribution is -0.138. The Balaban J connectivity index is 2.60. The van der Waals surface area contributed by atoms with Gasteiger partial charge in [0.25, 0.3) is 0 Å². The Hall–Kier alpha value is -2.83. The van der Waals surface area contributed by atoms with Gasteiger partial charge in [0.2, 0.25) is 5.88 Å². The molecule has 0 saturated carbocycles. The van der Waals surface area contributed by atoms with Crippen molar-refractivity contribution in [1.29, 1.82) is 0 Å². The van der Waals surface area contributed by atoms with E-state index in [4.69, 9.17) is 4.74 Å². The van der Waals surface area contributed by atoms with E-state index in [1.807, 2.05) is 0 Å². The van der Waals surface area contributed by atoms with Crippen LogP contribution in [0.1, 0.15) is 21.6 Å². The van der Waals surface area contributed by atoms with Crippen LogP contribution in [0.2, 0.25) is 0 Å². The van der Waals surface area contributed by atoms with Crippen molar-refractivity contribution in [2.75, 3.05) is 7.11 Å². The molecule has 1 aromatic heterocycles. The monoisotopic (exact) mass is 323 g/mol. The predicted octanol–water partition coefficient (Wildman–Crippen LogP) is 4.32. The van der Waals surface area contributed by atoms with Gasteiger partial charge in [0.15, 0.2) is 0 Å². The average Bonchev–Trinajstić information content (AvgIpc) is 2.53. The van der Waals surface area contributed by atoms with Crippen LogP contribution in [0.5, 0.6) is 11.6 Å². The Bertz CT molecular complexity index is 727. The second kappa shape index (κ2) is 6.51. The van der Waals surface area contributed by atoms with E-state index < -0.39 is 29.0 Å². The van der Waals surface area contributed by atoms with Crippen molar-refractivity contribution in [2.24, 2.45) is 0 Å². The molecule has 0 aliphatic rings. The first-order valence-electron chi connectivity index (χ1n) is 6.42. The lowest BCUT2D eigenvalue weighted by Crippen LogP contribution is -2.14. The molecule has 1 aromatic carbocycles. The van der Waals surface area contributed by atoms with Crippen LogP contribution in [-0.2, 0) is 10.9 Å². The number of halogens is 3. The zero-order valence-electron chi connectivity index (χ0n) is 12.1. The number of para-hydroxylation sites is 1. The molecule has 0 aliphatic heterocycles. The first kappa shape index (κ1) is 16.5. The number of nitrogens with zero attached hydrogens (tertiary/aromatic N) is 1. The van der Waals surface area contributed by atoms with Gasteiger partial charge < -0.3 is 9.47 Å². The number of aromatic nitrogens is 1. The molecule has 2 rings (SSSR count). The number of hydrogen-bond acceptors (Lipinski definition) is 4. The van der Waals surface area contributed by atoms with Crippen LogP contribution in [0.3, 0.4) is 0 Å². The maximum absolute atomic E-state index is 13.1. The van der Waals surface area contributed by atoms with E-state index in [-0.39, 0.29) is 5.88 Å². The molecule has 0 fully saturated rings. The summed E-state index contributed by atoms with van der Waals surface area (Å²) in [5, 5.41) is 0. The minimum absolute atomic E-state index is 0.286. The summed E-state index contributed by atoms with van der Waals surface area (Å²) in [6, 6.07) is 8.89. The third-order valence-electron chi connectivity index (χ3n) is 2.88. The van der Waals surface area contributed by atoms with Crippen LogP contribution in [0.15, 0.2) is 43.0 Å². The number of carbonyl (C=O) groups excluding carboxylic acids is 1. The predicted molar refractivity (Wildman–Crippen MR) is 77.2 cm³/mol. The van der Waals surface area contributed by atoms with E-state index in [0.29, 0.717) is 11.8 Å². The van der Waals surface area contributed by atoms with Gasteiger partial charge in [-0.05, 0) is 24.3 Å². The highest BCUT2D eigenvalue weighted by atomic mass is 19.4. The fourth-order valence-electron chi connectivity index (χ4n) is 1.83. The standard InChI is InChI=1S/C16H12F3NO3/c1-3-13-12(16(17,18)19)9-11(15(21)22-2)14(20-13)23-10-7-5-4-6-8-10/h3-9H,1H2,2H3. The van der Waals surface area contributed by atoms with Crippen LogP contribution in [0.4, 0.5) is 13.2 Å². The highest BCUT2D eigenvalue weighted by molar-refractivity contribution is 5.92. The van der Waals surface area contributed by atoms with Crippen LogP contribution in [-0.4, -0.2) is 18.1 Å². The SMILES string of the molecule is C=Cc1nc(Oc2ccccc2)c(C(=O)OC)cc1C(F)(F)F. The number of ether oxygens (including phenoxy) is 2. The summed E-state index contributed by atoms with van der Waals surface area (Å²) in [6.07, 6.45) is -3.74. The fraction of sp³-hybridized carbons (Fsp3) is 0.125. The Morgan fingerprint density at radius 3 is 2.43 bits per heavy atom. The van der Waals surface area contributed by atoms with E-state index in [9.17, 15) is 18.0 Å². The summed E-state index contributed by atoms with van der Waals surface area (Å²) in [5.74, 6) is -0.949. The van der Waals surface area contributed by atoms with Crippen molar-refractivity contribution in [3.63, 3.8) is 0 Å². The number of esters is 1.